The summed E-state index contributed by atoms with van der Waals surface area (Å²) in [5.74, 6) is -0.672. The van der Waals surface area contributed by atoms with Gasteiger partial charge < -0.3 is 10.1 Å². The molecule has 0 bridgehead atoms. The zero-order valence-corrected chi connectivity index (χ0v) is 16.1. The number of fused-ring (bicyclic) bond motifs is 1. The molecule has 0 aliphatic rings. The maximum absolute atomic E-state index is 13.4. The van der Waals surface area contributed by atoms with Crippen LogP contribution in [0.1, 0.15) is 12.5 Å². The highest BCUT2D eigenvalue weighted by atomic mass is 35.5. The number of rotatable bonds is 5. The summed E-state index contributed by atoms with van der Waals surface area (Å²) in [6.45, 7) is 1.09. The van der Waals surface area contributed by atoms with Gasteiger partial charge in [0.1, 0.15) is 22.8 Å². The Kier molecular flexibility index (Phi) is 5.69. The van der Waals surface area contributed by atoms with Crippen LogP contribution in [0.2, 0.25) is 10.2 Å². The number of ether oxygens (including phenoxy) is 1. The van der Waals surface area contributed by atoms with E-state index in [0.29, 0.717) is 5.56 Å². The molecule has 0 saturated heterocycles. The van der Waals surface area contributed by atoms with Gasteiger partial charge in [-0.2, -0.15) is 22.8 Å². The van der Waals surface area contributed by atoms with Crippen molar-refractivity contribution in [2.75, 3.05) is 12.4 Å². The zero-order valence-electron chi connectivity index (χ0n) is 14.6. The second-order valence-electron chi connectivity index (χ2n) is 6.00. The van der Waals surface area contributed by atoms with E-state index in [-0.39, 0.29) is 39.4 Å². The van der Waals surface area contributed by atoms with Gasteiger partial charge in [0.05, 0.1) is 23.4 Å². The van der Waals surface area contributed by atoms with E-state index in [0.717, 1.165) is 19.1 Å². The summed E-state index contributed by atoms with van der Waals surface area (Å²) in [7, 11) is 1.46. The molecule has 3 aromatic rings. The Hall–Kier alpha value is -2.10. The predicted octanol–water partition coefficient (Wildman–Crippen LogP) is 5.35. The van der Waals surface area contributed by atoms with E-state index >= 15 is 0 Å². The van der Waals surface area contributed by atoms with Gasteiger partial charge in [0, 0.05) is 18.2 Å². The molecule has 2 heterocycles. The van der Waals surface area contributed by atoms with Gasteiger partial charge in [0.2, 0.25) is 0 Å². The second kappa shape index (κ2) is 7.73. The summed E-state index contributed by atoms with van der Waals surface area (Å²) in [6, 6.07) is 1.55. The van der Waals surface area contributed by atoms with Gasteiger partial charge in [-0.25, -0.2) is 9.37 Å². The molecular formula is C17H14Cl2F4N4O. The quantitative estimate of drug-likeness (QED) is 0.432. The average Bonchev–Trinajstić information content (AvgIpc) is 2.98. The lowest BCUT2D eigenvalue weighted by molar-refractivity contribution is -0.138. The van der Waals surface area contributed by atoms with Crippen LogP contribution in [0.5, 0.6) is 0 Å². The van der Waals surface area contributed by atoms with Gasteiger partial charge >= 0.3 is 6.18 Å². The van der Waals surface area contributed by atoms with E-state index in [1.807, 2.05) is 0 Å². The van der Waals surface area contributed by atoms with E-state index in [2.05, 4.69) is 15.4 Å². The molecule has 11 heteroatoms. The smallest absolute Gasteiger partial charge is 0.380 e. The maximum atomic E-state index is 13.4. The van der Waals surface area contributed by atoms with Gasteiger partial charge in [0.15, 0.2) is 5.65 Å². The zero-order chi connectivity index (χ0) is 20.6. The van der Waals surface area contributed by atoms with Crippen LogP contribution in [0.15, 0.2) is 24.4 Å². The molecule has 5 nitrogen and oxygen atoms in total. The van der Waals surface area contributed by atoms with Gasteiger partial charge in [0.25, 0.3) is 0 Å². The molecule has 0 amide bonds. The fourth-order valence-electron chi connectivity index (χ4n) is 2.62. The largest absolute Gasteiger partial charge is 0.408 e. The molecule has 150 valence electrons. The second-order valence-corrected chi connectivity index (χ2v) is 6.76. The Balaban J connectivity index is 2.29. The number of nitrogens with one attached hydrogen (secondary N) is 1. The fraction of sp³-hybridized carbons (Fsp3) is 0.294. The summed E-state index contributed by atoms with van der Waals surface area (Å²) in [6.07, 6.45) is -3.11. The van der Waals surface area contributed by atoms with Crippen LogP contribution in [0.25, 0.3) is 16.8 Å². The van der Waals surface area contributed by atoms with Crippen molar-refractivity contribution >= 4 is 34.7 Å². The standard InChI is InChI=1S/C17H14Cl2F4N4O/c1-8(17(21,22)23)25-16-13(11-4-3-10(20)5-12(11)18)14(19)26-15-9(7-28-2)6-24-27(15)16/h3-6,8,25H,7H2,1-2H3. The number of alkyl halides is 3. The van der Waals surface area contributed by atoms with Crippen LogP contribution < -0.4 is 5.32 Å². The monoisotopic (exact) mass is 436 g/mol. The van der Waals surface area contributed by atoms with E-state index in [1.54, 1.807) is 0 Å². The van der Waals surface area contributed by atoms with E-state index in [1.165, 1.54) is 23.9 Å². The highest BCUT2D eigenvalue weighted by Crippen LogP contribution is 2.40. The van der Waals surface area contributed by atoms with E-state index < -0.39 is 18.0 Å². The Morgan fingerprint density at radius 1 is 1.29 bits per heavy atom. The Labute approximate surface area is 167 Å². The fourth-order valence-corrected chi connectivity index (χ4v) is 3.15. The predicted molar refractivity (Wildman–Crippen MR) is 98.3 cm³/mol. The van der Waals surface area contributed by atoms with Crippen LogP contribution in [0.4, 0.5) is 23.4 Å². The van der Waals surface area contributed by atoms with Crippen LogP contribution in [0.3, 0.4) is 0 Å². The van der Waals surface area contributed by atoms with E-state index in [9.17, 15) is 17.6 Å². The van der Waals surface area contributed by atoms with Crippen molar-refractivity contribution < 1.29 is 22.3 Å². The molecule has 1 aromatic carbocycles. The third-order valence-electron chi connectivity index (χ3n) is 4.02. The molecule has 0 fully saturated rings. The van der Waals surface area contributed by atoms with Gasteiger partial charge in [-0.3, -0.25) is 0 Å². The first-order valence-electron chi connectivity index (χ1n) is 7.97. The molecule has 3 rings (SSSR count). The van der Waals surface area contributed by atoms with Crippen LogP contribution in [-0.2, 0) is 11.3 Å². The molecule has 0 spiro atoms. The summed E-state index contributed by atoms with van der Waals surface area (Å²) in [5, 5.41) is 6.36. The minimum atomic E-state index is -4.53. The Morgan fingerprint density at radius 2 is 2.00 bits per heavy atom. The first-order chi connectivity index (χ1) is 13.1. The van der Waals surface area contributed by atoms with Crippen molar-refractivity contribution in [2.45, 2.75) is 25.7 Å². The van der Waals surface area contributed by atoms with E-state index in [4.69, 9.17) is 27.9 Å². The van der Waals surface area contributed by atoms with Crippen molar-refractivity contribution in [3.8, 4) is 11.1 Å². The van der Waals surface area contributed by atoms with Crippen LogP contribution in [-0.4, -0.2) is 33.9 Å². The van der Waals surface area contributed by atoms with Crippen molar-refractivity contribution in [1.82, 2.24) is 14.6 Å². The van der Waals surface area contributed by atoms with Crippen molar-refractivity contribution in [1.29, 1.82) is 0 Å². The molecule has 1 unspecified atom stereocenters. The van der Waals surface area contributed by atoms with Crippen LogP contribution >= 0.6 is 23.2 Å². The number of aromatic nitrogens is 3. The summed E-state index contributed by atoms with van der Waals surface area (Å²) in [4.78, 5) is 4.24. The Morgan fingerprint density at radius 3 is 2.61 bits per heavy atom. The summed E-state index contributed by atoms with van der Waals surface area (Å²) >= 11 is 12.4. The molecule has 1 atom stereocenters. The van der Waals surface area contributed by atoms with Gasteiger partial charge in [-0.1, -0.05) is 23.2 Å². The molecule has 0 saturated carbocycles. The van der Waals surface area contributed by atoms with Crippen molar-refractivity contribution in [3.05, 3.63) is 46.0 Å². The lowest BCUT2D eigenvalue weighted by atomic mass is 10.1. The molecule has 0 aliphatic heterocycles. The molecular weight excluding hydrogens is 423 g/mol. The highest BCUT2D eigenvalue weighted by molar-refractivity contribution is 6.36. The van der Waals surface area contributed by atoms with Gasteiger partial charge in [-0.15, -0.1) is 0 Å². The normalized spacial score (nSPS) is 13.1. The lowest BCUT2D eigenvalue weighted by Gasteiger charge is -2.22. The third kappa shape index (κ3) is 3.87. The molecule has 1 N–H and O–H groups in total. The number of nitrogens with zero attached hydrogens (tertiary/aromatic N) is 3. The van der Waals surface area contributed by atoms with Crippen LogP contribution in [0, 0.1) is 5.82 Å². The first kappa shape index (κ1) is 20.6. The summed E-state index contributed by atoms with van der Waals surface area (Å²) < 4.78 is 59.3. The van der Waals surface area contributed by atoms with Crippen molar-refractivity contribution in [3.63, 3.8) is 0 Å². The average molecular weight is 437 g/mol. The maximum Gasteiger partial charge on any atom is 0.408 e. The minimum absolute atomic E-state index is 0.0324. The molecule has 2 aromatic heterocycles. The number of anilines is 1. The molecule has 28 heavy (non-hydrogen) atoms. The lowest BCUT2D eigenvalue weighted by Crippen LogP contribution is -2.34. The Bertz CT molecular complexity index is 1020. The highest BCUT2D eigenvalue weighted by Gasteiger charge is 2.37. The first-order valence-corrected chi connectivity index (χ1v) is 8.72. The number of hydrogen-bond donors (Lipinski definition) is 1. The minimum Gasteiger partial charge on any atom is -0.380 e. The molecule has 0 aliphatic carbocycles. The summed E-state index contributed by atoms with van der Waals surface area (Å²) in [5.41, 5.74) is 1.04. The number of benzene rings is 1. The number of methoxy groups -OCH3 is 1. The third-order valence-corrected chi connectivity index (χ3v) is 4.61. The molecule has 0 radical (unpaired) electrons. The van der Waals surface area contributed by atoms with Gasteiger partial charge in [-0.05, 0) is 25.1 Å². The topological polar surface area (TPSA) is 51.5 Å². The SMILES string of the molecule is COCc1cnn2c(NC(C)C(F)(F)F)c(-c3ccc(F)cc3Cl)c(Cl)nc12. The van der Waals surface area contributed by atoms with Crippen molar-refractivity contribution in [2.24, 2.45) is 0 Å². The number of hydrogen-bond acceptors (Lipinski definition) is 4. The number of halogens is 6.